The minimum atomic E-state index is -0.527. The van der Waals surface area contributed by atoms with Crippen molar-refractivity contribution in [2.24, 2.45) is 5.92 Å². The van der Waals surface area contributed by atoms with Gasteiger partial charge in [0.25, 0.3) is 0 Å². The van der Waals surface area contributed by atoms with E-state index in [0.29, 0.717) is 12.8 Å². The van der Waals surface area contributed by atoms with Crippen LogP contribution in [0.3, 0.4) is 0 Å². The first-order valence-corrected chi connectivity index (χ1v) is 18.1. The van der Waals surface area contributed by atoms with Crippen LogP contribution in [0.25, 0.3) is 0 Å². The van der Waals surface area contributed by atoms with Crippen molar-refractivity contribution in [2.45, 2.75) is 200 Å². The van der Waals surface area contributed by atoms with Gasteiger partial charge in [-0.15, -0.1) is 0 Å². The topological polar surface area (TPSA) is 66.4 Å². The fourth-order valence-electron chi connectivity index (χ4n) is 5.77. The summed E-state index contributed by atoms with van der Waals surface area (Å²) in [4.78, 5) is 25.5. The molecule has 2 N–H and O–H groups in total. The van der Waals surface area contributed by atoms with Gasteiger partial charge < -0.3 is 10.4 Å². The van der Waals surface area contributed by atoms with E-state index in [1.54, 1.807) is 0 Å². The van der Waals surface area contributed by atoms with Crippen molar-refractivity contribution in [3.63, 3.8) is 0 Å². The molecule has 0 aromatic heterocycles. The standard InChI is InChI=1S/C36H71NO3/c1-3-5-7-9-11-13-15-17-19-20-22-24-26-28-30-34(36(40)37-32-33-38)35(39)31-29-27-25-23-21-18-16-14-12-10-8-6-4-2/h34,38H,3-33H2,1-2H3,(H,37,40). The second-order valence-corrected chi connectivity index (χ2v) is 12.4. The number of aliphatic hydroxyl groups excluding tert-OH is 1. The number of carbonyl (C=O) groups excluding carboxylic acids is 2. The Bertz CT molecular complexity index is 536. The zero-order valence-corrected chi connectivity index (χ0v) is 27.3. The normalized spacial score (nSPS) is 12.1. The molecule has 0 aliphatic carbocycles. The number of nitrogens with one attached hydrogen (secondary N) is 1. The van der Waals surface area contributed by atoms with Gasteiger partial charge in [-0.3, -0.25) is 9.59 Å². The van der Waals surface area contributed by atoms with Crippen LogP contribution in [-0.4, -0.2) is 29.9 Å². The predicted octanol–water partition coefficient (Wildman–Crippen LogP) is 10.6. The van der Waals surface area contributed by atoms with Gasteiger partial charge >= 0.3 is 0 Å². The number of hydrogen-bond acceptors (Lipinski definition) is 3. The molecule has 1 atom stereocenters. The number of aliphatic hydroxyl groups is 1. The summed E-state index contributed by atoms with van der Waals surface area (Å²) >= 11 is 0. The summed E-state index contributed by atoms with van der Waals surface area (Å²) in [6.45, 7) is 4.70. The first-order chi connectivity index (χ1) is 19.7. The van der Waals surface area contributed by atoms with Gasteiger partial charge in [-0.2, -0.15) is 0 Å². The van der Waals surface area contributed by atoms with Gasteiger partial charge in [-0.1, -0.05) is 181 Å². The predicted molar refractivity (Wildman–Crippen MR) is 174 cm³/mol. The van der Waals surface area contributed by atoms with Gasteiger partial charge in [0.15, 0.2) is 0 Å². The molecule has 4 nitrogen and oxygen atoms in total. The maximum Gasteiger partial charge on any atom is 0.230 e. The SMILES string of the molecule is CCCCCCCCCCCCCCCCC(C(=O)CCCCCCCCCCCCCCC)C(=O)NCCO. The van der Waals surface area contributed by atoms with E-state index >= 15 is 0 Å². The number of unbranched alkanes of at least 4 members (excludes halogenated alkanes) is 25. The Balaban J connectivity index is 3.86. The Morgan fingerprint density at radius 2 is 0.825 bits per heavy atom. The number of amides is 1. The van der Waals surface area contributed by atoms with Crippen LogP contribution in [-0.2, 0) is 9.59 Å². The van der Waals surface area contributed by atoms with Crippen molar-refractivity contribution in [2.75, 3.05) is 13.2 Å². The van der Waals surface area contributed by atoms with Crippen LogP contribution in [0.4, 0.5) is 0 Å². The van der Waals surface area contributed by atoms with E-state index in [9.17, 15) is 9.59 Å². The Labute approximate surface area is 250 Å². The van der Waals surface area contributed by atoms with Crippen molar-refractivity contribution in [3.05, 3.63) is 0 Å². The molecule has 0 bridgehead atoms. The number of Topliss-reactive ketones (excluding diaryl/α,β-unsaturated/α-hetero) is 1. The quantitative estimate of drug-likeness (QED) is 0.0614. The van der Waals surface area contributed by atoms with Crippen LogP contribution >= 0.6 is 0 Å². The molecule has 0 spiro atoms. The zero-order valence-electron chi connectivity index (χ0n) is 27.3. The van der Waals surface area contributed by atoms with Crippen molar-refractivity contribution < 1.29 is 14.7 Å². The van der Waals surface area contributed by atoms with Crippen LogP contribution in [0.2, 0.25) is 0 Å². The largest absolute Gasteiger partial charge is 0.395 e. The fraction of sp³-hybridized carbons (Fsp3) is 0.944. The molecule has 1 amide bonds. The molecule has 1 unspecified atom stereocenters. The highest BCUT2D eigenvalue weighted by molar-refractivity contribution is 6.01. The highest BCUT2D eigenvalue weighted by Gasteiger charge is 2.25. The average molecular weight is 566 g/mol. The van der Waals surface area contributed by atoms with Crippen LogP contribution in [0.1, 0.15) is 200 Å². The van der Waals surface area contributed by atoms with E-state index in [1.165, 1.54) is 148 Å². The van der Waals surface area contributed by atoms with E-state index in [2.05, 4.69) is 19.2 Å². The van der Waals surface area contributed by atoms with Gasteiger partial charge in [0.2, 0.25) is 5.91 Å². The molecule has 0 aliphatic rings. The van der Waals surface area contributed by atoms with Crippen LogP contribution in [0.5, 0.6) is 0 Å². The molecule has 0 rings (SSSR count). The van der Waals surface area contributed by atoms with Crippen LogP contribution in [0.15, 0.2) is 0 Å². The Kier molecular flexibility index (Phi) is 31.9. The maximum atomic E-state index is 12.9. The summed E-state index contributed by atoms with van der Waals surface area (Å²) in [6.07, 6.45) is 36.2. The van der Waals surface area contributed by atoms with Gasteiger partial charge in [0, 0.05) is 13.0 Å². The summed E-state index contributed by atoms with van der Waals surface area (Å²) < 4.78 is 0. The minimum Gasteiger partial charge on any atom is -0.395 e. The second-order valence-electron chi connectivity index (χ2n) is 12.4. The maximum absolute atomic E-state index is 12.9. The third-order valence-electron chi connectivity index (χ3n) is 8.49. The van der Waals surface area contributed by atoms with E-state index in [0.717, 1.165) is 25.7 Å². The molecule has 0 aromatic carbocycles. The van der Waals surface area contributed by atoms with Crippen LogP contribution < -0.4 is 5.32 Å². The van der Waals surface area contributed by atoms with Crippen molar-refractivity contribution in [3.8, 4) is 0 Å². The summed E-state index contributed by atoms with van der Waals surface area (Å²) in [5.74, 6) is -0.599. The Morgan fingerprint density at radius 1 is 0.500 bits per heavy atom. The summed E-state index contributed by atoms with van der Waals surface area (Å²) in [6, 6.07) is 0. The molecule has 0 saturated heterocycles. The third-order valence-corrected chi connectivity index (χ3v) is 8.49. The molecule has 238 valence electrons. The average Bonchev–Trinajstić information content (AvgIpc) is 2.96. The molecule has 0 aliphatic heterocycles. The lowest BCUT2D eigenvalue weighted by molar-refractivity contribution is -0.134. The highest BCUT2D eigenvalue weighted by atomic mass is 16.3. The first-order valence-electron chi connectivity index (χ1n) is 18.1. The van der Waals surface area contributed by atoms with Gasteiger partial charge in [-0.25, -0.2) is 0 Å². The monoisotopic (exact) mass is 566 g/mol. The molecule has 4 heteroatoms. The Hall–Kier alpha value is -0.900. The van der Waals surface area contributed by atoms with E-state index in [4.69, 9.17) is 5.11 Å². The summed E-state index contributed by atoms with van der Waals surface area (Å²) in [5.41, 5.74) is 0. The minimum absolute atomic E-state index is 0.0790. The van der Waals surface area contributed by atoms with E-state index in [-0.39, 0.29) is 24.8 Å². The zero-order chi connectivity index (χ0) is 29.4. The lowest BCUT2D eigenvalue weighted by Crippen LogP contribution is -2.36. The number of carbonyl (C=O) groups is 2. The molecule has 0 heterocycles. The van der Waals surface area contributed by atoms with E-state index in [1.807, 2.05) is 0 Å². The second kappa shape index (κ2) is 32.6. The molecular weight excluding hydrogens is 494 g/mol. The van der Waals surface area contributed by atoms with E-state index < -0.39 is 5.92 Å². The number of hydrogen-bond donors (Lipinski definition) is 2. The molecule has 0 saturated carbocycles. The highest BCUT2D eigenvalue weighted by Crippen LogP contribution is 2.19. The smallest absolute Gasteiger partial charge is 0.230 e. The molecule has 40 heavy (non-hydrogen) atoms. The van der Waals surface area contributed by atoms with Crippen molar-refractivity contribution >= 4 is 11.7 Å². The van der Waals surface area contributed by atoms with Crippen molar-refractivity contribution in [1.82, 2.24) is 5.32 Å². The molecular formula is C36H71NO3. The number of rotatable bonds is 33. The van der Waals surface area contributed by atoms with Crippen LogP contribution in [0, 0.1) is 5.92 Å². The number of ketones is 1. The molecule has 0 aromatic rings. The third kappa shape index (κ3) is 27.3. The molecule has 0 radical (unpaired) electrons. The fourth-order valence-corrected chi connectivity index (χ4v) is 5.77. The summed E-state index contributed by atoms with van der Waals surface area (Å²) in [5, 5.41) is 11.8. The van der Waals surface area contributed by atoms with Gasteiger partial charge in [-0.05, 0) is 12.8 Å². The Morgan fingerprint density at radius 3 is 1.18 bits per heavy atom. The molecule has 0 fully saturated rings. The first kappa shape index (κ1) is 39.1. The van der Waals surface area contributed by atoms with Gasteiger partial charge in [0.1, 0.15) is 5.78 Å². The van der Waals surface area contributed by atoms with Crippen molar-refractivity contribution in [1.29, 1.82) is 0 Å². The van der Waals surface area contributed by atoms with Gasteiger partial charge in [0.05, 0.1) is 12.5 Å². The lowest BCUT2D eigenvalue weighted by atomic mass is 9.92. The lowest BCUT2D eigenvalue weighted by Gasteiger charge is -2.15. The summed E-state index contributed by atoms with van der Waals surface area (Å²) in [7, 11) is 0.